The van der Waals surface area contributed by atoms with E-state index in [0.29, 0.717) is 10.8 Å². The Morgan fingerprint density at radius 3 is 2.67 bits per heavy atom. The quantitative estimate of drug-likeness (QED) is 0.785. The van der Waals surface area contributed by atoms with Crippen molar-refractivity contribution in [3.8, 4) is 11.6 Å². The molecule has 0 saturated carbocycles. The Morgan fingerprint density at radius 2 is 2.00 bits per heavy atom. The van der Waals surface area contributed by atoms with Gasteiger partial charge in [0.25, 0.3) is 5.88 Å². The molecule has 1 heterocycles. The van der Waals surface area contributed by atoms with Crippen molar-refractivity contribution in [1.29, 1.82) is 0 Å². The summed E-state index contributed by atoms with van der Waals surface area (Å²) >= 11 is 5.68. The second kappa shape index (κ2) is 4.23. The zero-order valence-electron chi connectivity index (χ0n) is 7.45. The number of nitrogens with zero attached hydrogens (tertiary/aromatic N) is 2. The summed E-state index contributed by atoms with van der Waals surface area (Å²) in [4.78, 5) is 7.01. The molecule has 0 amide bonds. The molecule has 0 aliphatic carbocycles. The zero-order valence-corrected chi connectivity index (χ0v) is 8.20. The molecule has 2 aromatic rings. The molecule has 5 heteroatoms. The molecule has 2 rings (SSSR count). The van der Waals surface area contributed by atoms with Crippen LogP contribution in [0.25, 0.3) is 0 Å². The third kappa shape index (κ3) is 2.41. The molecule has 0 saturated heterocycles. The largest absolute Gasteiger partial charge is 0.436 e. The lowest BCUT2D eigenvalue weighted by molar-refractivity contribution is 0.419. The molecule has 15 heavy (non-hydrogen) atoms. The van der Waals surface area contributed by atoms with Gasteiger partial charge in [-0.1, -0.05) is 11.6 Å². The topological polar surface area (TPSA) is 35.0 Å². The van der Waals surface area contributed by atoms with Crippen LogP contribution in [0.2, 0.25) is 5.02 Å². The van der Waals surface area contributed by atoms with Gasteiger partial charge in [0, 0.05) is 5.02 Å². The van der Waals surface area contributed by atoms with E-state index >= 15 is 0 Å². The molecule has 0 N–H and O–H groups in total. The molecule has 0 bridgehead atoms. The van der Waals surface area contributed by atoms with E-state index in [4.69, 9.17) is 16.3 Å². The molecule has 3 nitrogen and oxygen atoms in total. The summed E-state index contributed by atoms with van der Waals surface area (Å²) in [5.74, 6) is -0.440. The van der Waals surface area contributed by atoms with Crippen molar-refractivity contribution in [2.75, 3.05) is 0 Å². The highest BCUT2D eigenvalue weighted by molar-refractivity contribution is 6.30. The SMILES string of the molecule is Fc1[c]ncnc1Oc1ccc(Cl)cc1. The first kappa shape index (κ1) is 9.86. The first-order valence-corrected chi connectivity index (χ1v) is 4.45. The minimum Gasteiger partial charge on any atom is -0.436 e. The average Bonchev–Trinajstić information content (AvgIpc) is 2.25. The van der Waals surface area contributed by atoms with Crippen molar-refractivity contribution in [1.82, 2.24) is 9.97 Å². The summed E-state index contributed by atoms with van der Waals surface area (Å²) in [6, 6.07) is 6.51. The van der Waals surface area contributed by atoms with Crippen molar-refractivity contribution in [2.45, 2.75) is 0 Å². The van der Waals surface area contributed by atoms with E-state index in [1.807, 2.05) is 0 Å². The number of ether oxygens (including phenoxy) is 1. The Labute approximate surface area is 90.5 Å². The van der Waals surface area contributed by atoms with Crippen molar-refractivity contribution < 1.29 is 9.13 Å². The highest BCUT2D eigenvalue weighted by Crippen LogP contribution is 2.22. The Bertz CT molecular complexity index is 461. The van der Waals surface area contributed by atoms with E-state index in [-0.39, 0.29) is 5.88 Å². The smallest absolute Gasteiger partial charge is 0.259 e. The highest BCUT2D eigenvalue weighted by atomic mass is 35.5. The standard InChI is InChI=1S/C10H5ClFN2O/c11-7-1-3-8(4-2-7)15-10-9(12)5-13-6-14-10/h1-4,6H. The van der Waals surface area contributed by atoms with Crippen LogP contribution in [0.15, 0.2) is 30.6 Å². The molecule has 1 aromatic carbocycles. The Hall–Kier alpha value is -1.68. The van der Waals surface area contributed by atoms with Crippen LogP contribution in [0.1, 0.15) is 0 Å². The van der Waals surface area contributed by atoms with E-state index in [1.165, 1.54) is 0 Å². The molecular weight excluding hydrogens is 219 g/mol. The number of rotatable bonds is 2. The Morgan fingerprint density at radius 1 is 1.27 bits per heavy atom. The van der Waals surface area contributed by atoms with Crippen molar-refractivity contribution >= 4 is 11.6 Å². The van der Waals surface area contributed by atoms with Crippen LogP contribution in [0.5, 0.6) is 11.6 Å². The Kier molecular flexibility index (Phi) is 2.78. The maximum atomic E-state index is 13.0. The molecule has 0 fully saturated rings. The van der Waals surface area contributed by atoms with Gasteiger partial charge in [-0.05, 0) is 24.3 Å². The molecule has 0 aliphatic heterocycles. The van der Waals surface area contributed by atoms with Gasteiger partial charge >= 0.3 is 0 Å². The number of aromatic nitrogens is 2. The van der Waals surface area contributed by atoms with E-state index in [2.05, 4.69) is 16.2 Å². The molecule has 1 aromatic heterocycles. The molecule has 0 unspecified atom stereocenters. The molecule has 75 valence electrons. The van der Waals surface area contributed by atoms with Crippen LogP contribution < -0.4 is 4.74 Å². The minimum absolute atomic E-state index is 0.160. The van der Waals surface area contributed by atoms with Gasteiger partial charge in [0.2, 0.25) is 5.82 Å². The van der Waals surface area contributed by atoms with E-state index < -0.39 is 5.82 Å². The van der Waals surface area contributed by atoms with Crippen LogP contribution in [0.3, 0.4) is 0 Å². The van der Waals surface area contributed by atoms with Crippen molar-refractivity contribution in [3.05, 3.63) is 47.6 Å². The average molecular weight is 224 g/mol. The summed E-state index contributed by atoms with van der Waals surface area (Å²) in [5, 5.41) is 0.581. The second-order valence-corrected chi connectivity index (χ2v) is 3.10. The van der Waals surface area contributed by atoms with Crippen molar-refractivity contribution in [3.63, 3.8) is 0 Å². The molecule has 0 atom stereocenters. The van der Waals surface area contributed by atoms with Crippen LogP contribution in [0.4, 0.5) is 4.39 Å². The fourth-order valence-corrected chi connectivity index (χ4v) is 1.08. The van der Waals surface area contributed by atoms with Crippen LogP contribution in [-0.2, 0) is 0 Å². The van der Waals surface area contributed by atoms with Crippen LogP contribution >= 0.6 is 11.6 Å². The van der Waals surface area contributed by atoms with Gasteiger partial charge in [-0.15, -0.1) is 0 Å². The summed E-state index contributed by atoms with van der Waals surface area (Å²) in [6.45, 7) is 0. The number of hydrogen-bond acceptors (Lipinski definition) is 3. The molecular formula is C10H5ClFN2O. The lowest BCUT2D eigenvalue weighted by Crippen LogP contribution is -1.92. The summed E-state index contributed by atoms with van der Waals surface area (Å²) in [7, 11) is 0. The van der Waals surface area contributed by atoms with Crippen LogP contribution in [-0.4, -0.2) is 9.97 Å². The summed E-state index contributed by atoms with van der Waals surface area (Å²) in [5.41, 5.74) is 0. The van der Waals surface area contributed by atoms with Gasteiger partial charge in [0.05, 0.1) is 0 Å². The zero-order chi connectivity index (χ0) is 10.7. The van der Waals surface area contributed by atoms with Crippen LogP contribution in [0, 0.1) is 12.0 Å². The van der Waals surface area contributed by atoms with Gasteiger partial charge in [0.1, 0.15) is 18.3 Å². The van der Waals surface area contributed by atoms with Gasteiger partial charge in [0.15, 0.2) is 0 Å². The van der Waals surface area contributed by atoms with E-state index in [0.717, 1.165) is 6.33 Å². The fourth-order valence-electron chi connectivity index (χ4n) is 0.957. The lowest BCUT2D eigenvalue weighted by Gasteiger charge is -2.03. The third-order valence-electron chi connectivity index (χ3n) is 1.61. The predicted molar refractivity (Wildman–Crippen MR) is 52.4 cm³/mol. The monoisotopic (exact) mass is 223 g/mol. The lowest BCUT2D eigenvalue weighted by atomic mass is 10.3. The normalized spacial score (nSPS) is 10.0. The van der Waals surface area contributed by atoms with Gasteiger partial charge in [-0.3, -0.25) is 0 Å². The first-order valence-electron chi connectivity index (χ1n) is 4.07. The maximum absolute atomic E-state index is 13.0. The van der Waals surface area contributed by atoms with Gasteiger partial charge < -0.3 is 4.74 Å². The minimum atomic E-state index is -0.729. The number of hydrogen-bond donors (Lipinski definition) is 0. The molecule has 0 aliphatic rings. The maximum Gasteiger partial charge on any atom is 0.259 e. The second-order valence-electron chi connectivity index (χ2n) is 2.66. The fraction of sp³-hybridized carbons (Fsp3) is 0. The Balaban J connectivity index is 2.22. The predicted octanol–water partition coefficient (Wildman–Crippen LogP) is 2.86. The molecule has 1 radical (unpaired) electrons. The van der Waals surface area contributed by atoms with Gasteiger partial charge in [-0.2, -0.15) is 9.37 Å². The van der Waals surface area contributed by atoms with E-state index in [9.17, 15) is 4.39 Å². The highest BCUT2D eigenvalue weighted by Gasteiger charge is 2.05. The first-order chi connectivity index (χ1) is 7.25. The van der Waals surface area contributed by atoms with Gasteiger partial charge in [-0.25, -0.2) is 4.98 Å². The summed E-state index contributed by atoms with van der Waals surface area (Å²) < 4.78 is 18.2. The number of halogens is 2. The van der Waals surface area contributed by atoms with E-state index in [1.54, 1.807) is 24.3 Å². The van der Waals surface area contributed by atoms with Crippen molar-refractivity contribution in [2.24, 2.45) is 0 Å². The molecule has 0 spiro atoms. The third-order valence-corrected chi connectivity index (χ3v) is 1.86. The summed E-state index contributed by atoms with van der Waals surface area (Å²) in [6.07, 6.45) is 3.26. The number of benzene rings is 1.